The maximum Gasteiger partial charge on any atom is 0.219 e. The van der Waals surface area contributed by atoms with E-state index in [1.54, 1.807) is 0 Å². The molecule has 1 rings (SSSR count). The Bertz CT molecular complexity index is 310. The standard InChI is InChI=1S/C5H7N3/c1-4-2-7-5(6)8-3-4/h2-3H,1H3,(H2,6,7,8)/i1D3,2D,3D. The summed E-state index contributed by atoms with van der Waals surface area (Å²) in [7, 11) is 0. The summed E-state index contributed by atoms with van der Waals surface area (Å²) in [4.78, 5) is 6.71. The van der Waals surface area contributed by atoms with Crippen molar-refractivity contribution in [1.29, 1.82) is 0 Å². The number of hydrogen-bond acceptors (Lipinski definition) is 3. The van der Waals surface area contributed by atoms with Crippen LogP contribution >= 0.6 is 0 Å². The Morgan fingerprint density at radius 3 is 2.88 bits per heavy atom. The summed E-state index contributed by atoms with van der Waals surface area (Å²) in [5.74, 6) is -0.261. The molecule has 0 aliphatic rings. The van der Waals surface area contributed by atoms with Crippen LogP contribution in [0.2, 0.25) is 0 Å². The van der Waals surface area contributed by atoms with Crippen molar-refractivity contribution in [2.75, 3.05) is 5.73 Å². The second kappa shape index (κ2) is 1.78. The Morgan fingerprint density at radius 1 is 1.75 bits per heavy atom. The van der Waals surface area contributed by atoms with E-state index in [1.807, 2.05) is 0 Å². The number of anilines is 1. The van der Waals surface area contributed by atoms with E-state index in [-0.39, 0.29) is 5.95 Å². The van der Waals surface area contributed by atoms with Gasteiger partial charge in [0.2, 0.25) is 5.95 Å². The summed E-state index contributed by atoms with van der Waals surface area (Å²) >= 11 is 0. The molecule has 1 aromatic heterocycles. The molecule has 0 saturated heterocycles. The normalized spacial score (nSPS) is 19.8. The first-order chi connectivity index (χ1) is 5.82. The predicted molar refractivity (Wildman–Crippen MR) is 31.2 cm³/mol. The van der Waals surface area contributed by atoms with Crippen LogP contribution < -0.4 is 5.73 Å². The molecule has 0 aliphatic heterocycles. The molecule has 1 aromatic rings. The summed E-state index contributed by atoms with van der Waals surface area (Å²) in [5, 5.41) is 0. The molecule has 3 heteroatoms. The van der Waals surface area contributed by atoms with Gasteiger partial charge in [0.15, 0.2) is 0 Å². The summed E-state index contributed by atoms with van der Waals surface area (Å²) in [6.45, 7) is -2.54. The average molecular weight is 114 g/mol. The third kappa shape index (κ3) is 0.932. The van der Waals surface area contributed by atoms with E-state index in [2.05, 4.69) is 9.97 Å². The van der Waals surface area contributed by atoms with Gasteiger partial charge in [-0.05, 0) is 12.4 Å². The van der Waals surface area contributed by atoms with Crippen LogP contribution in [0.15, 0.2) is 12.3 Å². The van der Waals surface area contributed by atoms with Gasteiger partial charge in [-0.3, -0.25) is 0 Å². The molecule has 0 fully saturated rings. The zero-order chi connectivity index (χ0) is 10.2. The first kappa shape index (κ1) is 1.69. The van der Waals surface area contributed by atoms with Gasteiger partial charge in [-0.15, -0.1) is 0 Å². The van der Waals surface area contributed by atoms with E-state index < -0.39 is 24.8 Å². The van der Waals surface area contributed by atoms with Gasteiger partial charge in [-0.25, -0.2) is 9.97 Å². The Morgan fingerprint density at radius 2 is 2.38 bits per heavy atom. The van der Waals surface area contributed by atoms with Gasteiger partial charge in [0.05, 0.1) is 2.74 Å². The molecular formula is C5H7N3. The molecule has 0 amide bonds. The Kier molecular flexibility index (Phi) is 0.374. The van der Waals surface area contributed by atoms with E-state index in [0.717, 1.165) is 0 Å². The third-order valence-electron chi connectivity index (χ3n) is 0.565. The summed E-state index contributed by atoms with van der Waals surface area (Å²) in [5.41, 5.74) is 4.66. The van der Waals surface area contributed by atoms with Gasteiger partial charge in [0.25, 0.3) is 0 Å². The Labute approximate surface area is 54.6 Å². The number of nitrogens with zero attached hydrogens (tertiary/aromatic N) is 2. The fourth-order valence-electron chi connectivity index (χ4n) is 0.276. The lowest BCUT2D eigenvalue weighted by Crippen LogP contribution is -1.92. The highest BCUT2D eigenvalue weighted by molar-refractivity contribution is 5.15. The largest absolute Gasteiger partial charge is 0.368 e. The second-order valence-electron chi connectivity index (χ2n) is 1.18. The van der Waals surface area contributed by atoms with Gasteiger partial charge < -0.3 is 5.73 Å². The molecule has 0 spiro atoms. The molecular weight excluding hydrogens is 102 g/mol. The van der Waals surface area contributed by atoms with Crippen molar-refractivity contribution in [2.45, 2.75) is 6.85 Å². The number of hydrogen-bond donors (Lipinski definition) is 1. The summed E-state index contributed by atoms with van der Waals surface area (Å²) < 4.78 is 35.4. The number of nitrogens with two attached hydrogens (primary N) is 1. The minimum Gasteiger partial charge on any atom is -0.368 e. The van der Waals surface area contributed by atoms with Gasteiger partial charge in [0.1, 0.15) is 0 Å². The SMILES string of the molecule is [2H]c1nc(N)nc([2H])c1C([2H])([2H])[2H]. The topological polar surface area (TPSA) is 51.8 Å². The molecule has 1 heterocycles. The second-order valence-corrected chi connectivity index (χ2v) is 1.18. The van der Waals surface area contributed by atoms with Crippen LogP contribution in [0, 0.1) is 6.85 Å². The van der Waals surface area contributed by atoms with Gasteiger partial charge in [-0.1, -0.05) is 0 Å². The molecule has 8 heavy (non-hydrogen) atoms. The number of rotatable bonds is 0. The lowest BCUT2D eigenvalue weighted by atomic mass is 10.4. The molecule has 0 aliphatic carbocycles. The average Bonchev–Trinajstić information content (AvgIpc) is 1.78. The van der Waals surface area contributed by atoms with Crippen LogP contribution in [-0.4, -0.2) is 9.97 Å². The van der Waals surface area contributed by atoms with E-state index in [0.29, 0.717) is 0 Å². The van der Waals surface area contributed by atoms with Crippen LogP contribution in [-0.2, 0) is 0 Å². The zero-order valence-electron chi connectivity index (χ0n) is 8.97. The first-order valence-electron chi connectivity index (χ1n) is 4.43. The minimum atomic E-state index is -2.54. The lowest BCUT2D eigenvalue weighted by Gasteiger charge is -1.88. The highest BCUT2D eigenvalue weighted by atomic mass is 15.0. The van der Waals surface area contributed by atoms with Crippen LogP contribution in [0.25, 0.3) is 0 Å². The fraction of sp³-hybridized carbons (Fsp3) is 0.200. The Hall–Kier alpha value is -1.12. The molecule has 0 radical (unpaired) electrons. The van der Waals surface area contributed by atoms with E-state index >= 15 is 0 Å². The van der Waals surface area contributed by atoms with E-state index in [9.17, 15) is 0 Å². The molecule has 2 N–H and O–H groups in total. The first-order valence-corrected chi connectivity index (χ1v) is 1.93. The highest BCUT2D eigenvalue weighted by Crippen LogP contribution is 1.91. The number of nitrogen functional groups attached to an aromatic ring is 1. The predicted octanol–water partition coefficient (Wildman–Crippen LogP) is 0.367. The molecule has 0 atom stereocenters. The molecule has 0 aromatic carbocycles. The molecule has 0 unspecified atom stereocenters. The van der Waals surface area contributed by atoms with Crippen molar-refractivity contribution in [1.82, 2.24) is 9.97 Å². The van der Waals surface area contributed by atoms with Crippen LogP contribution in [0.5, 0.6) is 0 Å². The summed E-state index contributed by atoms with van der Waals surface area (Å²) in [6.07, 6.45) is -1.03. The molecule has 42 valence electrons. The molecule has 3 nitrogen and oxygen atoms in total. The fourth-order valence-corrected chi connectivity index (χ4v) is 0.276. The van der Waals surface area contributed by atoms with Crippen molar-refractivity contribution < 1.29 is 6.85 Å². The maximum atomic E-state index is 7.20. The lowest BCUT2D eigenvalue weighted by molar-refractivity contribution is 1.15. The third-order valence-corrected chi connectivity index (χ3v) is 0.565. The summed E-state index contributed by atoms with van der Waals surface area (Å²) in [6, 6.07) is 0. The van der Waals surface area contributed by atoms with Crippen LogP contribution in [0.3, 0.4) is 0 Å². The Balaban J connectivity index is 3.38. The molecule has 0 bridgehead atoms. The maximum absolute atomic E-state index is 7.20. The van der Waals surface area contributed by atoms with Crippen molar-refractivity contribution in [2.24, 2.45) is 0 Å². The van der Waals surface area contributed by atoms with Crippen molar-refractivity contribution in [3.8, 4) is 0 Å². The van der Waals surface area contributed by atoms with Crippen molar-refractivity contribution >= 4 is 5.95 Å². The number of aromatic nitrogens is 2. The van der Waals surface area contributed by atoms with Crippen molar-refractivity contribution in [3.63, 3.8) is 0 Å². The minimum absolute atomic E-state index is 0.261. The monoisotopic (exact) mass is 114 g/mol. The van der Waals surface area contributed by atoms with Gasteiger partial charge in [-0.2, -0.15) is 0 Å². The van der Waals surface area contributed by atoms with E-state index in [4.69, 9.17) is 12.6 Å². The zero-order valence-corrected chi connectivity index (χ0v) is 3.97. The van der Waals surface area contributed by atoms with Crippen LogP contribution in [0.1, 0.15) is 12.4 Å². The quantitative estimate of drug-likeness (QED) is 0.530. The highest BCUT2D eigenvalue weighted by Gasteiger charge is 1.83. The smallest absolute Gasteiger partial charge is 0.219 e. The molecule has 0 saturated carbocycles. The van der Waals surface area contributed by atoms with Gasteiger partial charge >= 0.3 is 0 Å². The van der Waals surface area contributed by atoms with Gasteiger partial charge in [0, 0.05) is 16.5 Å². The van der Waals surface area contributed by atoms with Crippen molar-refractivity contribution in [3.05, 3.63) is 17.9 Å². The van der Waals surface area contributed by atoms with Crippen LogP contribution in [0.4, 0.5) is 5.95 Å². The van der Waals surface area contributed by atoms with E-state index in [1.165, 1.54) is 0 Å².